The Hall–Kier alpha value is -1.28. The van der Waals surface area contributed by atoms with Crippen molar-refractivity contribution in [1.29, 1.82) is 0 Å². The standard InChI is InChI=1S/C19H16ClIN2O2/c20-18-22-16-9-6-13(21)10-15(16)17(23-18)19(11-24,25-14-7-8-14)12-4-2-1-3-5-12/h1-6,9-10,14,24H,7-8,11H2/t19-/m0/s1. The molecule has 1 fully saturated rings. The van der Waals surface area contributed by atoms with Crippen molar-refractivity contribution in [3.63, 3.8) is 0 Å². The molecule has 3 aromatic rings. The quantitative estimate of drug-likeness (QED) is 0.450. The first-order valence-electron chi connectivity index (χ1n) is 8.10. The largest absolute Gasteiger partial charge is 0.393 e. The number of hydrogen-bond acceptors (Lipinski definition) is 4. The Balaban J connectivity index is 2.02. The molecule has 1 atom stereocenters. The minimum atomic E-state index is -1.06. The third kappa shape index (κ3) is 3.26. The SMILES string of the molecule is OC[C@](OC1CC1)(c1ccccc1)c1nc(Cl)nc2ccc(I)cc12. The highest BCUT2D eigenvalue weighted by atomic mass is 127. The Bertz CT molecular complexity index is 918. The van der Waals surface area contributed by atoms with E-state index in [0.717, 1.165) is 32.9 Å². The van der Waals surface area contributed by atoms with E-state index < -0.39 is 5.60 Å². The zero-order valence-electron chi connectivity index (χ0n) is 13.3. The molecule has 0 spiro atoms. The minimum absolute atomic E-state index is 0.124. The summed E-state index contributed by atoms with van der Waals surface area (Å²) in [6.45, 7) is -0.221. The van der Waals surface area contributed by atoms with Crippen molar-refractivity contribution < 1.29 is 9.84 Å². The van der Waals surface area contributed by atoms with Crippen LogP contribution in [0, 0.1) is 3.57 Å². The first-order chi connectivity index (χ1) is 12.1. The maximum Gasteiger partial charge on any atom is 0.223 e. The van der Waals surface area contributed by atoms with E-state index in [0.29, 0.717) is 5.69 Å². The lowest BCUT2D eigenvalue weighted by Crippen LogP contribution is -2.37. The summed E-state index contributed by atoms with van der Waals surface area (Å²) in [7, 11) is 0. The van der Waals surface area contributed by atoms with Crippen molar-refractivity contribution in [2.45, 2.75) is 24.5 Å². The van der Waals surface area contributed by atoms with Crippen LogP contribution in [0.3, 0.4) is 0 Å². The van der Waals surface area contributed by atoms with Gasteiger partial charge in [0.15, 0.2) is 5.60 Å². The highest BCUT2D eigenvalue weighted by molar-refractivity contribution is 14.1. The average molecular weight is 467 g/mol. The lowest BCUT2D eigenvalue weighted by Gasteiger charge is -2.33. The van der Waals surface area contributed by atoms with Gasteiger partial charge in [-0.05, 0) is 70.8 Å². The number of halogens is 2. The maximum absolute atomic E-state index is 10.4. The molecule has 4 nitrogen and oxygen atoms in total. The van der Waals surface area contributed by atoms with Crippen LogP contribution in [-0.2, 0) is 10.3 Å². The van der Waals surface area contributed by atoms with E-state index in [1.54, 1.807) is 0 Å². The number of aromatic nitrogens is 2. The van der Waals surface area contributed by atoms with Gasteiger partial charge in [-0.1, -0.05) is 30.3 Å². The molecule has 1 aliphatic rings. The zero-order chi connectivity index (χ0) is 17.4. The van der Waals surface area contributed by atoms with E-state index in [1.807, 2.05) is 48.5 Å². The van der Waals surface area contributed by atoms with Crippen molar-refractivity contribution in [3.8, 4) is 0 Å². The Morgan fingerprint density at radius 3 is 2.60 bits per heavy atom. The van der Waals surface area contributed by atoms with Crippen LogP contribution >= 0.6 is 34.2 Å². The second-order valence-corrected chi connectivity index (χ2v) is 7.75. The molecule has 25 heavy (non-hydrogen) atoms. The number of rotatable bonds is 5. The van der Waals surface area contributed by atoms with Crippen LogP contribution in [0.15, 0.2) is 48.5 Å². The fourth-order valence-corrected chi connectivity index (χ4v) is 3.69. The number of nitrogens with zero attached hydrogens (tertiary/aromatic N) is 2. The highest BCUT2D eigenvalue weighted by Crippen LogP contribution is 2.41. The topological polar surface area (TPSA) is 55.2 Å². The zero-order valence-corrected chi connectivity index (χ0v) is 16.2. The molecule has 0 bridgehead atoms. The normalized spacial score (nSPS) is 16.8. The van der Waals surface area contributed by atoms with E-state index in [1.165, 1.54) is 0 Å². The van der Waals surface area contributed by atoms with Gasteiger partial charge in [0.2, 0.25) is 5.28 Å². The second-order valence-electron chi connectivity index (χ2n) is 6.17. The van der Waals surface area contributed by atoms with Crippen LogP contribution in [0.1, 0.15) is 24.1 Å². The molecular weight excluding hydrogens is 451 g/mol. The molecule has 128 valence electrons. The lowest BCUT2D eigenvalue weighted by atomic mass is 9.88. The second kappa shape index (κ2) is 6.79. The monoisotopic (exact) mass is 466 g/mol. The molecule has 0 radical (unpaired) electrons. The first-order valence-corrected chi connectivity index (χ1v) is 9.55. The van der Waals surface area contributed by atoms with Crippen LogP contribution in [0.25, 0.3) is 10.9 Å². The van der Waals surface area contributed by atoms with Gasteiger partial charge in [-0.3, -0.25) is 0 Å². The Labute approximate surface area is 164 Å². The molecule has 1 aliphatic carbocycles. The van der Waals surface area contributed by atoms with E-state index in [4.69, 9.17) is 16.3 Å². The number of hydrogen-bond donors (Lipinski definition) is 1. The van der Waals surface area contributed by atoms with Gasteiger partial charge >= 0.3 is 0 Å². The van der Waals surface area contributed by atoms with Crippen molar-refractivity contribution in [1.82, 2.24) is 9.97 Å². The van der Waals surface area contributed by atoms with Gasteiger partial charge in [0.1, 0.15) is 0 Å². The summed E-state index contributed by atoms with van der Waals surface area (Å²) in [6.07, 6.45) is 2.10. The molecule has 4 rings (SSSR count). The van der Waals surface area contributed by atoms with Crippen LogP contribution < -0.4 is 0 Å². The molecule has 0 aliphatic heterocycles. The Morgan fingerprint density at radius 2 is 1.92 bits per heavy atom. The van der Waals surface area contributed by atoms with Crippen molar-refractivity contribution in [2.24, 2.45) is 0 Å². The summed E-state index contributed by atoms with van der Waals surface area (Å²) in [5.74, 6) is 0. The molecule has 0 unspecified atom stereocenters. The van der Waals surface area contributed by atoms with E-state index in [9.17, 15) is 5.11 Å². The third-order valence-electron chi connectivity index (χ3n) is 4.37. The van der Waals surface area contributed by atoms with Gasteiger partial charge in [0.25, 0.3) is 0 Å². The summed E-state index contributed by atoms with van der Waals surface area (Å²) in [4.78, 5) is 8.84. The van der Waals surface area contributed by atoms with Gasteiger partial charge in [-0.2, -0.15) is 0 Å². The lowest BCUT2D eigenvalue weighted by molar-refractivity contribution is -0.0672. The van der Waals surface area contributed by atoms with Gasteiger partial charge < -0.3 is 9.84 Å². The van der Waals surface area contributed by atoms with Gasteiger partial charge in [0.05, 0.1) is 23.9 Å². The summed E-state index contributed by atoms with van der Waals surface area (Å²) in [5.41, 5.74) is 1.15. The van der Waals surface area contributed by atoms with Gasteiger partial charge in [0, 0.05) is 8.96 Å². The first kappa shape index (κ1) is 17.1. The van der Waals surface area contributed by atoms with E-state index >= 15 is 0 Å². The van der Waals surface area contributed by atoms with Gasteiger partial charge in [-0.15, -0.1) is 0 Å². The third-order valence-corrected chi connectivity index (χ3v) is 5.21. The van der Waals surface area contributed by atoms with Gasteiger partial charge in [-0.25, -0.2) is 9.97 Å². The summed E-state index contributed by atoms with van der Waals surface area (Å²) >= 11 is 8.46. The molecule has 2 aromatic carbocycles. The summed E-state index contributed by atoms with van der Waals surface area (Å²) < 4.78 is 7.43. The van der Waals surface area contributed by atoms with Crippen LogP contribution in [0.2, 0.25) is 5.28 Å². The van der Waals surface area contributed by atoms with Crippen molar-refractivity contribution in [2.75, 3.05) is 6.61 Å². The fourth-order valence-electron chi connectivity index (χ4n) is 3.02. The predicted octanol–water partition coefficient (Wildman–Crippen LogP) is 4.30. The smallest absolute Gasteiger partial charge is 0.223 e. The molecule has 1 N–H and O–H groups in total. The molecular formula is C19H16ClIN2O2. The number of benzene rings is 2. The molecule has 0 saturated heterocycles. The number of ether oxygens (including phenoxy) is 1. The molecule has 1 saturated carbocycles. The van der Waals surface area contributed by atoms with Crippen LogP contribution in [-0.4, -0.2) is 27.8 Å². The van der Waals surface area contributed by atoms with Crippen LogP contribution in [0.5, 0.6) is 0 Å². The predicted molar refractivity (Wildman–Crippen MR) is 106 cm³/mol. The Kier molecular flexibility index (Phi) is 4.66. The minimum Gasteiger partial charge on any atom is -0.393 e. The fraction of sp³-hybridized carbons (Fsp3) is 0.263. The number of aliphatic hydroxyl groups is 1. The molecule has 6 heteroatoms. The molecule has 1 heterocycles. The Morgan fingerprint density at radius 1 is 1.16 bits per heavy atom. The summed E-state index contributed by atoms with van der Waals surface area (Å²) in [5, 5.41) is 11.4. The number of fused-ring (bicyclic) bond motifs is 1. The summed E-state index contributed by atoms with van der Waals surface area (Å²) in [6, 6.07) is 15.6. The number of aliphatic hydroxyl groups excluding tert-OH is 1. The van der Waals surface area contributed by atoms with E-state index in [2.05, 4.69) is 32.6 Å². The average Bonchev–Trinajstić information content (AvgIpc) is 3.44. The molecule has 0 amide bonds. The molecule has 1 aromatic heterocycles. The van der Waals surface area contributed by atoms with Crippen molar-refractivity contribution in [3.05, 3.63) is 68.6 Å². The van der Waals surface area contributed by atoms with Crippen LogP contribution in [0.4, 0.5) is 0 Å². The highest BCUT2D eigenvalue weighted by Gasteiger charge is 2.43. The maximum atomic E-state index is 10.4. The van der Waals surface area contributed by atoms with E-state index in [-0.39, 0.29) is 18.0 Å². The van der Waals surface area contributed by atoms with Crippen molar-refractivity contribution >= 4 is 45.1 Å².